The van der Waals surface area contributed by atoms with Crippen LogP contribution in [0.5, 0.6) is 0 Å². The Bertz CT molecular complexity index is 499. The number of amides is 2. The van der Waals surface area contributed by atoms with E-state index in [1.54, 1.807) is 12.3 Å². The molecule has 2 aliphatic rings. The van der Waals surface area contributed by atoms with Gasteiger partial charge in [-0.05, 0) is 49.1 Å². The van der Waals surface area contributed by atoms with Crippen molar-refractivity contribution in [3.05, 3.63) is 29.0 Å². The van der Waals surface area contributed by atoms with Crippen LogP contribution in [0.3, 0.4) is 0 Å². The number of urea groups is 1. The van der Waals surface area contributed by atoms with Gasteiger partial charge in [-0.15, -0.1) is 0 Å². The van der Waals surface area contributed by atoms with Gasteiger partial charge in [0.05, 0.1) is 0 Å². The van der Waals surface area contributed by atoms with E-state index >= 15 is 0 Å². The van der Waals surface area contributed by atoms with E-state index in [0.29, 0.717) is 17.1 Å². The number of halogens is 1. The molecule has 5 heteroatoms. The number of aromatic nitrogens is 1. The fraction of sp³-hybridized carbons (Fsp3) is 0.625. The van der Waals surface area contributed by atoms with E-state index in [2.05, 4.69) is 10.3 Å². The highest BCUT2D eigenvalue weighted by Crippen LogP contribution is 2.47. The van der Waals surface area contributed by atoms with E-state index in [0.717, 1.165) is 31.5 Å². The summed E-state index contributed by atoms with van der Waals surface area (Å²) in [5, 5.41) is 3.53. The molecule has 0 unspecified atom stereocenters. The van der Waals surface area contributed by atoms with Gasteiger partial charge >= 0.3 is 6.03 Å². The molecule has 21 heavy (non-hydrogen) atoms. The highest BCUT2D eigenvalue weighted by atomic mass is 35.5. The monoisotopic (exact) mass is 307 g/mol. The Morgan fingerprint density at radius 2 is 2.14 bits per heavy atom. The molecule has 2 fully saturated rings. The summed E-state index contributed by atoms with van der Waals surface area (Å²) in [7, 11) is 0. The lowest BCUT2D eigenvalue weighted by molar-refractivity contribution is 0.0370. The molecule has 1 aliphatic carbocycles. The van der Waals surface area contributed by atoms with Crippen LogP contribution in [0.25, 0.3) is 0 Å². The van der Waals surface area contributed by atoms with Crippen LogP contribution >= 0.6 is 11.6 Å². The van der Waals surface area contributed by atoms with E-state index in [1.807, 2.05) is 11.0 Å². The normalized spacial score (nSPS) is 20.1. The minimum Gasteiger partial charge on any atom is -0.338 e. The van der Waals surface area contributed by atoms with Gasteiger partial charge in [0.15, 0.2) is 0 Å². The Kier molecular flexibility index (Phi) is 4.34. The van der Waals surface area contributed by atoms with E-state index in [9.17, 15) is 4.79 Å². The highest BCUT2D eigenvalue weighted by Gasteiger charge is 2.41. The van der Waals surface area contributed by atoms with Crippen molar-refractivity contribution in [2.75, 3.05) is 19.6 Å². The van der Waals surface area contributed by atoms with Gasteiger partial charge in [0.25, 0.3) is 0 Å². The third kappa shape index (κ3) is 3.49. The Hall–Kier alpha value is -1.29. The third-order valence-corrected chi connectivity index (χ3v) is 5.06. The summed E-state index contributed by atoms with van der Waals surface area (Å²) in [5.41, 5.74) is 1.55. The van der Waals surface area contributed by atoms with Crippen LogP contribution in [-0.4, -0.2) is 35.5 Å². The number of hydrogen-bond donors (Lipinski definition) is 1. The molecule has 0 atom stereocenters. The number of rotatable bonds is 3. The first-order chi connectivity index (χ1) is 10.2. The molecule has 1 aromatic rings. The van der Waals surface area contributed by atoms with Crippen molar-refractivity contribution >= 4 is 17.6 Å². The van der Waals surface area contributed by atoms with Crippen LogP contribution < -0.4 is 5.32 Å². The van der Waals surface area contributed by atoms with Crippen molar-refractivity contribution in [2.24, 2.45) is 5.41 Å². The predicted octanol–water partition coefficient (Wildman–Crippen LogP) is 3.25. The lowest BCUT2D eigenvalue weighted by Crippen LogP contribution is -2.52. The Labute approximate surface area is 130 Å². The maximum atomic E-state index is 12.2. The van der Waals surface area contributed by atoms with Gasteiger partial charge < -0.3 is 10.2 Å². The maximum Gasteiger partial charge on any atom is 0.317 e. The van der Waals surface area contributed by atoms with Crippen molar-refractivity contribution < 1.29 is 4.79 Å². The zero-order valence-corrected chi connectivity index (χ0v) is 13.0. The second-order valence-electron chi connectivity index (χ2n) is 6.35. The first kappa shape index (κ1) is 14.6. The topological polar surface area (TPSA) is 45.2 Å². The molecule has 0 radical (unpaired) electrons. The summed E-state index contributed by atoms with van der Waals surface area (Å²) >= 11 is 5.76. The summed E-state index contributed by atoms with van der Waals surface area (Å²) < 4.78 is 0. The first-order valence-corrected chi connectivity index (χ1v) is 8.18. The minimum absolute atomic E-state index is 0.0860. The van der Waals surface area contributed by atoms with Gasteiger partial charge in [-0.25, -0.2) is 9.78 Å². The molecule has 0 aromatic carbocycles. The van der Waals surface area contributed by atoms with Crippen molar-refractivity contribution in [2.45, 2.75) is 38.5 Å². The third-order valence-electron chi connectivity index (χ3n) is 4.84. The average Bonchev–Trinajstić information content (AvgIpc) is 2.48. The lowest BCUT2D eigenvalue weighted by atomic mass is 9.64. The maximum absolute atomic E-state index is 12.2. The van der Waals surface area contributed by atoms with Gasteiger partial charge in [0.2, 0.25) is 0 Å². The van der Waals surface area contributed by atoms with Crippen molar-refractivity contribution in [1.82, 2.24) is 15.2 Å². The summed E-state index contributed by atoms with van der Waals surface area (Å²) in [6.07, 6.45) is 8.93. The Morgan fingerprint density at radius 1 is 1.33 bits per heavy atom. The van der Waals surface area contributed by atoms with Crippen LogP contribution in [0.4, 0.5) is 4.79 Å². The quantitative estimate of drug-likeness (QED) is 0.871. The smallest absolute Gasteiger partial charge is 0.317 e. The second-order valence-corrected chi connectivity index (χ2v) is 6.74. The molecular formula is C16H22ClN3O. The van der Waals surface area contributed by atoms with Gasteiger partial charge in [0.1, 0.15) is 5.15 Å². The number of carbonyl (C=O) groups is 1. The molecule has 4 nitrogen and oxygen atoms in total. The Morgan fingerprint density at radius 3 is 2.81 bits per heavy atom. The minimum atomic E-state index is 0.0860. The van der Waals surface area contributed by atoms with Gasteiger partial charge in [-0.2, -0.15) is 0 Å². The fourth-order valence-electron chi connectivity index (χ4n) is 3.45. The largest absolute Gasteiger partial charge is 0.338 e. The summed E-state index contributed by atoms with van der Waals surface area (Å²) in [6, 6.07) is 3.82. The number of likely N-dealkylation sites (tertiary alicyclic amines) is 1. The second kappa shape index (κ2) is 6.22. The van der Waals surface area contributed by atoms with Gasteiger partial charge in [0, 0.05) is 25.8 Å². The van der Waals surface area contributed by atoms with E-state index in [-0.39, 0.29) is 6.03 Å². The van der Waals surface area contributed by atoms with Crippen LogP contribution in [-0.2, 0) is 6.42 Å². The van der Waals surface area contributed by atoms with E-state index in [4.69, 9.17) is 11.6 Å². The highest BCUT2D eigenvalue weighted by molar-refractivity contribution is 6.29. The standard InChI is InChI=1S/C16H22ClN3O/c17-14-4-3-13(11-19-14)5-9-18-15(21)20-10-2-8-16(12-20)6-1-7-16/h3-4,11H,1-2,5-10,12H2,(H,18,21). The van der Waals surface area contributed by atoms with E-state index < -0.39 is 0 Å². The predicted molar refractivity (Wildman–Crippen MR) is 83.4 cm³/mol. The SMILES string of the molecule is O=C(NCCc1ccc(Cl)nc1)N1CCCC2(CCC2)C1. The van der Waals surface area contributed by atoms with Crippen LogP contribution in [0.1, 0.15) is 37.7 Å². The summed E-state index contributed by atoms with van der Waals surface area (Å²) in [4.78, 5) is 18.3. The lowest BCUT2D eigenvalue weighted by Gasteiger charge is -2.48. The Balaban J connectivity index is 1.44. The molecule has 0 bridgehead atoms. The zero-order valence-electron chi connectivity index (χ0n) is 12.3. The van der Waals surface area contributed by atoms with Crippen molar-refractivity contribution in [1.29, 1.82) is 0 Å². The zero-order chi connectivity index (χ0) is 14.7. The van der Waals surface area contributed by atoms with E-state index in [1.165, 1.54) is 25.7 Å². The van der Waals surface area contributed by atoms with Crippen LogP contribution in [0, 0.1) is 5.41 Å². The molecule has 3 rings (SSSR count). The van der Waals surface area contributed by atoms with Crippen LogP contribution in [0.2, 0.25) is 5.15 Å². The molecule has 1 spiro atoms. The summed E-state index contributed by atoms with van der Waals surface area (Å²) in [5.74, 6) is 0. The molecule has 1 aliphatic heterocycles. The number of nitrogens with zero attached hydrogens (tertiary/aromatic N) is 2. The number of pyridine rings is 1. The number of carbonyl (C=O) groups excluding carboxylic acids is 1. The first-order valence-electron chi connectivity index (χ1n) is 7.80. The molecule has 1 aromatic heterocycles. The molecule has 2 heterocycles. The number of piperidine rings is 1. The van der Waals surface area contributed by atoms with Crippen LogP contribution in [0.15, 0.2) is 18.3 Å². The average molecular weight is 308 g/mol. The summed E-state index contributed by atoms with van der Waals surface area (Å²) in [6.45, 7) is 2.49. The molecule has 1 saturated heterocycles. The number of nitrogens with one attached hydrogen (secondary N) is 1. The van der Waals surface area contributed by atoms with Gasteiger partial charge in [-0.3, -0.25) is 0 Å². The molecule has 114 valence electrons. The molecular weight excluding hydrogens is 286 g/mol. The van der Waals surface area contributed by atoms with Crippen molar-refractivity contribution in [3.8, 4) is 0 Å². The van der Waals surface area contributed by atoms with Gasteiger partial charge in [-0.1, -0.05) is 24.1 Å². The number of hydrogen-bond acceptors (Lipinski definition) is 2. The molecule has 2 amide bonds. The van der Waals surface area contributed by atoms with Crippen molar-refractivity contribution in [3.63, 3.8) is 0 Å². The fourth-order valence-corrected chi connectivity index (χ4v) is 3.56. The molecule has 1 saturated carbocycles. The molecule has 1 N–H and O–H groups in total.